The van der Waals surface area contributed by atoms with Crippen LogP contribution in [0.1, 0.15) is 57.6 Å². The second-order valence-electron chi connectivity index (χ2n) is 8.82. The summed E-state index contributed by atoms with van der Waals surface area (Å²) in [5.74, 6) is 0.667. The number of likely N-dealkylation sites (tertiary alicyclic amines) is 1. The molecule has 1 N–H and O–H groups in total. The summed E-state index contributed by atoms with van der Waals surface area (Å²) in [7, 11) is 0. The van der Waals surface area contributed by atoms with Crippen molar-refractivity contribution in [3.05, 3.63) is 29.8 Å². The first-order valence-electron chi connectivity index (χ1n) is 10.3. The number of fused-ring (bicyclic) bond motifs is 4. The van der Waals surface area contributed by atoms with E-state index in [9.17, 15) is 9.59 Å². The number of hydrogen-bond donors (Lipinski definition) is 1. The van der Waals surface area contributed by atoms with Gasteiger partial charge in [0, 0.05) is 43.3 Å². The van der Waals surface area contributed by atoms with Gasteiger partial charge in [-0.15, -0.1) is 0 Å². The molecule has 0 unspecified atom stereocenters. The average molecular weight is 387 g/mol. The van der Waals surface area contributed by atoms with Crippen LogP contribution in [0.25, 0.3) is 0 Å². The van der Waals surface area contributed by atoms with E-state index in [-0.39, 0.29) is 36.1 Å². The van der Waals surface area contributed by atoms with Crippen molar-refractivity contribution in [3.8, 4) is 5.75 Å². The first-order chi connectivity index (χ1) is 13.3. The van der Waals surface area contributed by atoms with E-state index in [0.717, 1.165) is 24.2 Å². The number of carboxylic acid groups (broad SMARTS) is 1. The minimum absolute atomic E-state index is 0.0408. The smallest absolute Gasteiger partial charge is 0.303 e. The molecule has 2 fully saturated rings. The number of carbonyl (C=O) groups excluding carboxylic acids is 1. The van der Waals surface area contributed by atoms with E-state index >= 15 is 0 Å². The fourth-order valence-electron chi connectivity index (χ4n) is 5.03. The maximum absolute atomic E-state index is 12.5. The lowest BCUT2D eigenvalue weighted by atomic mass is 9.70. The zero-order valence-corrected chi connectivity index (χ0v) is 16.6. The summed E-state index contributed by atoms with van der Waals surface area (Å²) in [6.07, 6.45) is 2.75. The van der Waals surface area contributed by atoms with Gasteiger partial charge in [-0.2, -0.15) is 0 Å². The number of para-hydroxylation sites is 1. The predicted octanol–water partition coefficient (Wildman–Crippen LogP) is 3.41. The highest BCUT2D eigenvalue weighted by atomic mass is 16.5. The van der Waals surface area contributed by atoms with Gasteiger partial charge in [-0.1, -0.05) is 18.2 Å². The molecule has 3 aliphatic rings. The Hall–Kier alpha value is -2.08. The number of aliphatic carboxylic acids is 1. The van der Waals surface area contributed by atoms with Gasteiger partial charge in [0.1, 0.15) is 11.4 Å². The van der Waals surface area contributed by atoms with E-state index in [1.807, 2.05) is 23.1 Å². The zero-order valence-electron chi connectivity index (χ0n) is 16.6. The molecule has 6 heteroatoms. The van der Waals surface area contributed by atoms with E-state index in [1.165, 1.54) is 0 Å². The van der Waals surface area contributed by atoms with Crippen LogP contribution in [-0.4, -0.2) is 46.7 Å². The van der Waals surface area contributed by atoms with Crippen LogP contribution in [0.2, 0.25) is 0 Å². The molecule has 1 amide bonds. The Morgan fingerprint density at radius 2 is 2.04 bits per heavy atom. The maximum atomic E-state index is 12.5. The summed E-state index contributed by atoms with van der Waals surface area (Å²) in [5.41, 5.74) is 0.815. The molecule has 6 nitrogen and oxygen atoms in total. The summed E-state index contributed by atoms with van der Waals surface area (Å²) in [4.78, 5) is 25.1. The van der Waals surface area contributed by atoms with Crippen LogP contribution in [0, 0.1) is 11.8 Å². The summed E-state index contributed by atoms with van der Waals surface area (Å²) in [6.45, 7) is 5.63. The number of piperidine rings is 1. The van der Waals surface area contributed by atoms with E-state index < -0.39 is 5.97 Å². The Bertz CT molecular complexity index is 761. The monoisotopic (exact) mass is 387 g/mol. The molecule has 0 aliphatic carbocycles. The first kappa shape index (κ1) is 19.2. The summed E-state index contributed by atoms with van der Waals surface area (Å²) in [6, 6.07) is 8.14. The van der Waals surface area contributed by atoms with Gasteiger partial charge in [-0.3, -0.25) is 9.59 Å². The molecule has 1 aromatic carbocycles. The van der Waals surface area contributed by atoms with Gasteiger partial charge >= 0.3 is 5.97 Å². The molecule has 0 bridgehead atoms. The van der Waals surface area contributed by atoms with E-state index in [4.69, 9.17) is 14.6 Å². The van der Waals surface area contributed by atoms with Crippen LogP contribution in [-0.2, 0) is 14.3 Å². The molecular formula is C22H29NO5. The van der Waals surface area contributed by atoms with Crippen molar-refractivity contribution < 1.29 is 24.2 Å². The average Bonchev–Trinajstić information content (AvgIpc) is 2.66. The number of carbonyl (C=O) groups is 2. The molecule has 0 spiro atoms. The molecule has 4 rings (SSSR count). The Balaban J connectivity index is 1.45. The second kappa shape index (κ2) is 7.39. The second-order valence-corrected chi connectivity index (χ2v) is 8.82. The van der Waals surface area contributed by atoms with E-state index in [1.54, 1.807) is 0 Å². The first-order valence-corrected chi connectivity index (χ1v) is 10.3. The van der Waals surface area contributed by atoms with Gasteiger partial charge in [0.2, 0.25) is 5.91 Å². The van der Waals surface area contributed by atoms with E-state index in [2.05, 4.69) is 19.9 Å². The number of hydrogen-bond acceptors (Lipinski definition) is 4. The molecule has 1 aromatic rings. The third kappa shape index (κ3) is 3.62. The number of amides is 1. The standard InChI is InChI=1S/C22H29NO5/c1-22(2)16-12-14-13-23(19(24)8-5-9-20(25)26)11-10-17(14)27-21(16)15-6-3-4-7-18(15)28-22/h3-4,6-7,14,16-17,21H,5,8-13H2,1-2H3,(H,25,26)/t14-,16+,17+,21-/m0/s1. The van der Waals surface area contributed by atoms with Crippen LogP contribution in [0.15, 0.2) is 24.3 Å². The van der Waals surface area contributed by atoms with Crippen LogP contribution >= 0.6 is 0 Å². The third-order valence-electron chi connectivity index (χ3n) is 6.53. The van der Waals surface area contributed by atoms with Gasteiger partial charge in [0.05, 0.1) is 12.2 Å². The molecular weight excluding hydrogens is 358 g/mol. The van der Waals surface area contributed by atoms with Crippen molar-refractivity contribution in [3.63, 3.8) is 0 Å². The van der Waals surface area contributed by atoms with Crippen molar-refractivity contribution in [2.75, 3.05) is 13.1 Å². The molecule has 0 radical (unpaired) electrons. The van der Waals surface area contributed by atoms with Gasteiger partial charge < -0.3 is 19.5 Å². The van der Waals surface area contributed by atoms with Gasteiger partial charge in [-0.25, -0.2) is 0 Å². The largest absolute Gasteiger partial charge is 0.487 e. The minimum atomic E-state index is -0.849. The normalized spacial score (nSPS) is 30.4. The highest BCUT2D eigenvalue weighted by Gasteiger charge is 2.51. The molecule has 0 saturated carbocycles. The van der Waals surface area contributed by atoms with Crippen LogP contribution in [0.5, 0.6) is 5.75 Å². The quantitative estimate of drug-likeness (QED) is 0.857. The topological polar surface area (TPSA) is 76.1 Å². The molecule has 28 heavy (non-hydrogen) atoms. The van der Waals surface area contributed by atoms with Crippen LogP contribution in [0.3, 0.4) is 0 Å². The number of ether oxygens (including phenoxy) is 2. The number of carboxylic acids is 1. The lowest BCUT2D eigenvalue weighted by Gasteiger charge is -2.53. The Kier molecular flexibility index (Phi) is 5.08. The lowest BCUT2D eigenvalue weighted by Crippen LogP contribution is -2.55. The third-order valence-corrected chi connectivity index (χ3v) is 6.53. The molecule has 3 heterocycles. The van der Waals surface area contributed by atoms with Crippen molar-refractivity contribution in [2.24, 2.45) is 11.8 Å². The Labute approximate surface area is 165 Å². The fourth-order valence-corrected chi connectivity index (χ4v) is 5.03. The Morgan fingerprint density at radius 3 is 2.82 bits per heavy atom. The SMILES string of the molecule is CC1(C)Oc2ccccc2[C@@H]2O[C@@H]3CCN(C(=O)CCCC(=O)O)C[C@@H]3C[C@H]21. The maximum Gasteiger partial charge on any atom is 0.303 e. The van der Waals surface area contributed by atoms with Gasteiger partial charge in [0.25, 0.3) is 0 Å². The van der Waals surface area contributed by atoms with Gasteiger partial charge in [-0.05, 0) is 39.2 Å². The number of benzene rings is 1. The highest BCUT2D eigenvalue weighted by Crippen LogP contribution is 2.52. The Morgan fingerprint density at radius 1 is 1.25 bits per heavy atom. The van der Waals surface area contributed by atoms with Crippen LogP contribution < -0.4 is 4.74 Å². The molecule has 4 atom stereocenters. The van der Waals surface area contributed by atoms with Crippen molar-refractivity contribution in [1.29, 1.82) is 0 Å². The molecule has 2 saturated heterocycles. The van der Waals surface area contributed by atoms with Crippen molar-refractivity contribution in [2.45, 2.75) is 63.8 Å². The summed E-state index contributed by atoms with van der Waals surface area (Å²) < 4.78 is 12.9. The zero-order chi connectivity index (χ0) is 19.9. The summed E-state index contributed by atoms with van der Waals surface area (Å²) in [5, 5.41) is 8.77. The van der Waals surface area contributed by atoms with Crippen molar-refractivity contribution >= 4 is 11.9 Å². The van der Waals surface area contributed by atoms with Crippen molar-refractivity contribution in [1.82, 2.24) is 4.90 Å². The number of nitrogens with zero attached hydrogens (tertiary/aromatic N) is 1. The number of rotatable bonds is 4. The lowest BCUT2D eigenvalue weighted by molar-refractivity contribution is -0.188. The molecule has 0 aromatic heterocycles. The molecule has 3 aliphatic heterocycles. The fraction of sp³-hybridized carbons (Fsp3) is 0.636. The minimum Gasteiger partial charge on any atom is -0.487 e. The van der Waals surface area contributed by atoms with E-state index in [0.29, 0.717) is 31.8 Å². The van der Waals surface area contributed by atoms with Gasteiger partial charge in [0.15, 0.2) is 0 Å². The van der Waals surface area contributed by atoms with Crippen LogP contribution in [0.4, 0.5) is 0 Å². The predicted molar refractivity (Wildman–Crippen MR) is 103 cm³/mol. The molecule has 152 valence electrons. The summed E-state index contributed by atoms with van der Waals surface area (Å²) >= 11 is 0. The highest BCUT2D eigenvalue weighted by molar-refractivity contribution is 5.77.